The van der Waals surface area contributed by atoms with E-state index in [4.69, 9.17) is 9.47 Å². The first kappa shape index (κ1) is 19.8. The minimum atomic E-state index is -0.503. The van der Waals surface area contributed by atoms with Crippen LogP contribution in [0.1, 0.15) is 16.8 Å². The fourth-order valence-electron chi connectivity index (χ4n) is 2.94. The molecule has 2 N–H and O–H groups in total. The third-order valence-electron chi connectivity index (χ3n) is 4.25. The SMILES string of the molecule is O=c1cc(CC(COCc2ccccc2)COCc2ccccc2)[nH]c(=O)[nH]1. The number of ether oxygens (including phenoxy) is 2. The van der Waals surface area contributed by atoms with Crippen molar-refractivity contribution in [2.75, 3.05) is 13.2 Å². The van der Waals surface area contributed by atoms with Crippen LogP contribution in [0.2, 0.25) is 0 Å². The summed E-state index contributed by atoms with van der Waals surface area (Å²) in [5.41, 5.74) is 1.85. The van der Waals surface area contributed by atoms with Crippen LogP contribution < -0.4 is 11.2 Å². The van der Waals surface area contributed by atoms with Crippen molar-refractivity contribution in [3.05, 3.63) is 104 Å². The van der Waals surface area contributed by atoms with Crippen molar-refractivity contribution < 1.29 is 9.47 Å². The molecule has 3 rings (SSSR count). The molecule has 6 nitrogen and oxygen atoms in total. The van der Waals surface area contributed by atoms with E-state index in [0.29, 0.717) is 38.5 Å². The zero-order chi connectivity index (χ0) is 19.6. The van der Waals surface area contributed by atoms with E-state index in [1.54, 1.807) is 0 Å². The number of aromatic amines is 2. The van der Waals surface area contributed by atoms with E-state index in [1.807, 2.05) is 60.7 Å². The smallest absolute Gasteiger partial charge is 0.325 e. The van der Waals surface area contributed by atoms with Crippen LogP contribution in [0.15, 0.2) is 76.3 Å². The van der Waals surface area contributed by atoms with E-state index < -0.39 is 11.2 Å². The quantitative estimate of drug-likeness (QED) is 0.566. The van der Waals surface area contributed by atoms with Gasteiger partial charge in [-0.25, -0.2) is 4.79 Å². The molecule has 0 aliphatic heterocycles. The standard InChI is InChI=1S/C22H24N2O4/c25-21-12-20(23-22(26)24-21)11-19(15-27-13-17-7-3-1-4-8-17)16-28-14-18-9-5-2-6-10-18/h1-10,12,19H,11,13-16H2,(H2,23,24,25,26). The molecule has 3 aromatic rings. The maximum absolute atomic E-state index is 11.6. The molecule has 0 atom stereocenters. The number of hydrogen-bond acceptors (Lipinski definition) is 4. The van der Waals surface area contributed by atoms with Gasteiger partial charge >= 0.3 is 5.69 Å². The zero-order valence-electron chi connectivity index (χ0n) is 15.6. The number of aromatic nitrogens is 2. The van der Waals surface area contributed by atoms with Crippen LogP contribution in [0.3, 0.4) is 0 Å². The molecule has 28 heavy (non-hydrogen) atoms. The number of benzene rings is 2. The molecule has 0 radical (unpaired) electrons. The summed E-state index contributed by atoms with van der Waals surface area (Å²) in [5, 5.41) is 0. The highest BCUT2D eigenvalue weighted by Crippen LogP contribution is 2.10. The summed E-state index contributed by atoms with van der Waals surface area (Å²) in [5.74, 6) is 0.00451. The van der Waals surface area contributed by atoms with Crippen LogP contribution in [0, 0.1) is 5.92 Å². The van der Waals surface area contributed by atoms with Gasteiger partial charge in [-0.05, 0) is 17.5 Å². The van der Waals surface area contributed by atoms with Crippen LogP contribution in [0.25, 0.3) is 0 Å². The normalized spacial score (nSPS) is 11.0. The summed E-state index contributed by atoms with van der Waals surface area (Å²) in [4.78, 5) is 27.9. The predicted molar refractivity (Wildman–Crippen MR) is 107 cm³/mol. The van der Waals surface area contributed by atoms with Crippen molar-refractivity contribution in [1.29, 1.82) is 0 Å². The topological polar surface area (TPSA) is 84.2 Å². The van der Waals surface area contributed by atoms with Crippen molar-refractivity contribution in [2.45, 2.75) is 19.6 Å². The molecule has 1 aromatic heterocycles. The van der Waals surface area contributed by atoms with Crippen LogP contribution in [-0.4, -0.2) is 23.2 Å². The fraction of sp³-hybridized carbons (Fsp3) is 0.273. The first-order valence-corrected chi connectivity index (χ1v) is 9.25. The third kappa shape index (κ3) is 6.64. The Balaban J connectivity index is 1.58. The van der Waals surface area contributed by atoms with E-state index >= 15 is 0 Å². The summed E-state index contributed by atoms with van der Waals surface area (Å²) < 4.78 is 11.7. The second kappa shape index (κ2) is 10.4. The van der Waals surface area contributed by atoms with Gasteiger partial charge in [-0.3, -0.25) is 9.78 Å². The zero-order valence-corrected chi connectivity index (χ0v) is 15.6. The lowest BCUT2D eigenvalue weighted by atomic mass is 10.1. The molecule has 0 saturated carbocycles. The van der Waals surface area contributed by atoms with Crippen molar-refractivity contribution in [3.63, 3.8) is 0 Å². The van der Waals surface area contributed by atoms with Crippen LogP contribution >= 0.6 is 0 Å². The van der Waals surface area contributed by atoms with Gasteiger partial charge in [0.25, 0.3) is 5.56 Å². The molecule has 0 saturated heterocycles. The molecule has 0 fully saturated rings. The van der Waals surface area contributed by atoms with Gasteiger partial charge in [0.2, 0.25) is 0 Å². The summed E-state index contributed by atoms with van der Waals surface area (Å²) in [6.45, 7) is 1.92. The second-order valence-corrected chi connectivity index (χ2v) is 6.68. The Labute approximate surface area is 163 Å². The lowest BCUT2D eigenvalue weighted by Crippen LogP contribution is -2.26. The van der Waals surface area contributed by atoms with E-state index in [9.17, 15) is 9.59 Å². The van der Waals surface area contributed by atoms with E-state index in [0.717, 1.165) is 11.1 Å². The molecule has 0 amide bonds. The van der Waals surface area contributed by atoms with Crippen LogP contribution in [-0.2, 0) is 29.1 Å². The van der Waals surface area contributed by atoms with Crippen molar-refractivity contribution in [1.82, 2.24) is 9.97 Å². The first-order valence-electron chi connectivity index (χ1n) is 9.25. The highest BCUT2D eigenvalue weighted by atomic mass is 16.5. The highest BCUT2D eigenvalue weighted by Gasteiger charge is 2.13. The molecule has 0 unspecified atom stereocenters. The van der Waals surface area contributed by atoms with E-state index in [2.05, 4.69) is 9.97 Å². The van der Waals surface area contributed by atoms with Gasteiger partial charge in [-0.2, -0.15) is 0 Å². The Morgan fingerprint density at radius 3 is 1.79 bits per heavy atom. The lowest BCUT2D eigenvalue weighted by Gasteiger charge is -2.17. The summed E-state index contributed by atoms with van der Waals surface area (Å²) in [7, 11) is 0. The Kier molecular flexibility index (Phi) is 7.35. The van der Waals surface area contributed by atoms with Crippen molar-refractivity contribution >= 4 is 0 Å². The highest BCUT2D eigenvalue weighted by molar-refractivity contribution is 5.14. The van der Waals surface area contributed by atoms with E-state index in [-0.39, 0.29) is 5.92 Å². The monoisotopic (exact) mass is 380 g/mol. The lowest BCUT2D eigenvalue weighted by molar-refractivity contribution is 0.0268. The molecule has 0 aliphatic carbocycles. The van der Waals surface area contributed by atoms with Gasteiger partial charge in [0.05, 0.1) is 26.4 Å². The Morgan fingerprint density at radius 2 is 1.29 bits per heavy atom. The molecule has 146 valence electrons. The average Bonchev–Trinajstić information content (AvgIpc) is 2.69. The number of hydrogen-bond donors (Lipinski definition) is 2. The fourth-order valence-corrected chi connectivity index (χ4v) is 2.94. The summed E-state index contributed by atoms with van der Waals surface area (Å²) >= 11 is 0. The Morgan fingerprint density at radius 1 is 0.750 bits per heavy atom. The van der Waals surface area contributed by atoms with Gasteiger partial charge in [0.1, 0.15) is 0 Å². The van der Waals surface area contributed by atoms with Gasteiger partial charge in [0.15, 0.2) is 0 Å². The largest absolute Gasteiger partial charge is 0.376 e. The van der Waals surface area contributed by atoms with Crippen molar-refractivity contribution in [2.24, 2.45) is 5.92 Å². The minimum Gasteiger partial charge on any atom is -0.376 e. The number of nitrogens with one attached hydrogen (secondary N) is 2. The minimum absolute atomic E-state index is 0.00451. The van der Waals surface area contributed by atoms with E-state index in [1.165, 1.54) is 6.07 Å². The van der Waals surface area contributed by atoms with Gasteiger partial charge in [0, 0.05) is 17.7 Å². The Bertz CT molecular complexity index is 878. The van der Waals surface area contributed by atoms with Crippen LogP contribution in [0.5, 0.6) is 0 Å². The molecule has 0 spiro atoms. The predicted octanol–water partition coefficient (Wildman–Crippen LogP) is 2.66. The van der Waals surface area contributed by atoms with Crippen LogP contribution in [0.4, 0.5) is 0 Å². The number of rotatable bonds is 10. The van der Waals surface area contributed by atoms with Crippen molar-refractivity contribution in [3.8, 4) is 0 Å². The molecule has 1 heterocycles. The van der Waals surface area contributed by atoms with Gasteiger partial charge in [-0.1, -0.05) is 60.7 Å². The summed E-state index contributed by atoms with van der Waals surface area (Å²) in [6.07, 6.45) is 0.489. The maximum atomic E-state index is 11.6. The third-order valence-corrected chi connectivity index (χ3v) is 4.25. The Hall–Kier alpha value is -2.96. The molecular formula is C22H24N2O4. The average molecular weight is 380 g/mol. The molecule has 6 heteroatoms. The number of H-pyrrole nitrogens is 2. The first-order chi connectivity index (χ1) is 13.7. The van der Waals surface area contributed by atoms with Gasteiger partial charge in [-0.15, -0.1) is 0 Å². The molecule has 2 aromatic carbocycles. The second-order valence-electron chi connectivity index (χ2n) is 6.68. The maximum Gasteiger partial charge on any atom is 0.325 e. The molecule has 0 bridgehead atoms. The summed E-state index contributed by atoms with van der Waals surface area (Å²) in [6, 6.07) is 21.3. The molecule has 0 aliphatic rings. The van der Waals surface area contributed by atoms with Gasteiger partial charge < -0.3 is 14.5 Å². The molecular weight excluding hydrogens is 356 g/mol.